The molecule has 1 heterocycles. The van der Waals surface area contributed by atoms with Gasteiger partial charge in [0.25, 0.3) is 11.6 Å². The largest absolute Gasteiger partial charge is 0.463 e. The quantitative estimate of drug-likeness (QED) is 0.303. The standard InChI is InChI=1S/C24H25ClN4O6/c1-4-11-28-14(3)20(23(31)35-5-2)21(27-24(28)32)15-7-6-8-16(12-15)26-22(30)18-10-9-17(29(33)34)13-19(18)25/h6-10,12-13,21H,4-5,11H2,1-3H3,(H,26,30)(H,27,32)/t21-/m1/s1. The number of nitrogens with zero attached hydrogens (tertiary/aromatic N) is 2. The number of hydrogen-bond acceptors (Lipinski definition) is 6. The van der Waals surface area contributed by atoms with Crippen molar-refractivity contribution >= 4 is 40.9 Å². The molecule has 2 aromatic rings. The summed E-state index contributed by atoms with van der Waals surface area (Å²) in [5.41, 5.74) is 1.59. The molecule has 0 radical (unpaired) electrons. The summed E-state index contributed by atoms with van der Waals surface area (Å²) in [5.74, 6) is -1.11. The van der Waals surface area contributed by atoms with Crippen LogP contribution in [0.3, 0.4) is 0 Å². The molecule has 10 nitrogen and oxygen atoms in total. The summed E-state index contributed by atoms with van der Waals surface area (Å²) < 4.78 is 5.25. The van der Waals surface area contributed by atoms with Gasteiger partial charge in [0.15, 0.2) is 0 Å². The average Bonchev–Trinajstić information content (AvgIpc) is 2.81. The number of anilines is 1. The number of allylic oxidation sites excluding steroid dienone is 1. The van der Waals surface area contributed by atoms with Crippen molar-refractivity contribution in [3.63, 3.8) is 0 Å². The van der Waals surface area contributed by atoms with Gasteiger partial charge in [0.2, 0.25) is 0 Å². The molecule has 35 heavy (non-hydrogen) atoms. The number of non-ortho nitro benzene ring substituents is 1. The second-order valence-corrected chi connectivity index (χ2v) is 8.16. The first kappa shape index (κ1) is 25.7. The lowest BCUT2D eigenvalue weighted by Gasteiger charge is -2.35. The van der Waals surface area contributed by atoms with Crippen molar-refractivity contribution in [2.45, 2.75) is 33.2 Å². The molecule has 2 N–H and O–H groups in total. The first-order chi connectivity index (χ1) is 16.7. The van der Waals surface area contributed by atoms with Crippen LogP contribution in [0, 0.1) is 10.1 Å². The van der Waals surface area contributed by atoms with E-state index < -0.39 is 22.8 Å². The van der Waals surface area contributed by atoms with Crippen molar-refractivity contribution in [3.8, 4) is 0 Å². The number of hydrogen-bond donors (Lipinski definition) is 2. The van der Waals surface area contributed by atoms with E-state index in [1.807, 2.05) is 6.92 Å². The third kappa shape index (κ3) is 5.60. The molecule has 3 rings (SSSR count). The Kier molecular flexibility index (Phi) is 8.08. The Morgan fingerprint density at radius 2 is 1.97 bits per heavy atom. The van der Waals surface area contributed by atoms with Gasteiger partial charge in [-0.25, -0.2) is 9.59 Å². The van der Waals surface area contributed by atoms with Crippen molar-refractivity contribution < 1.29 is 24.0 Å². The van der Waals surface area contributed by atoms with Crippen LogP contribution < -0.4 is 10.6 Å². The molecule has 0 spiro atoms. The lowest BCUT2D eigenvalue weighted by molar-refractivity contribution is -0.384. The predicted molar refractivity (Wildman–Crippen MR) is 130 cm³/mol. The molecule has 0 unspecified atom stereocenters. The summed E-state index contributed by atoms with van der Waals surface area (Å²) in [5, 5.41) is 16.4. The van der Waals surface area contributed by atoms with Gasteiger partial charge in [-0.1, -0.05) is 30.7 Å². The molecule has 0 aliphatic carbocycles. The summed E-state index contributed by atoms with van der Waals surface area (Å²) >= 11 is 6.07. The second kappa shape index (κ2) is 11.0. The van der Waals surface area contributed by atoms with Crippen molar-refractivity contribution in [1.29, 1.82) is 0 Å². The molecular weight excluding hydrogens is 476 g/mol. The molecule has 1 aliphatic heterocycles. The molecule has 0 fully saturated rings. The highest BCUT2D eigenvalue weighted by Gasteiger charge is 2.36. The van der Waals surface area contributed by atoms with Crippen LogP contribution in [0.5, 0.6) is 0 Å². The Morgan fingerprint density at radius 1 is 1.23 bits per heavy atom. The summed E-state index contributed by atoms with van der Waals surface area (Å²) in [6.45, 7) is 5.96. The smallest absolute Gasteiger partial charge is 0.338 e. The molecule has 184 valence electrons. The van der Waals surface area contributed by atoms with Crippen molar-refractivity contribution in [2.75, 3.05) is 18.5 Å². The molecule has 0 saturated carbocycles. The molecule has 1 atom stereocenters. The number of nitro benzene ring substituents is 1. The van der Waals surface area contributed by atoms with Crippen LogP contribution in [0.2, 0.25) is 5.02 Å². The molecule has 3 amide bonds. The number of amides is 3. The van der Waals surface area contributed by atoms with Crippen LogP contribution in [0.15, 0.2) is 53.7 Å². The summed E-state index contributed by atoms with van der Waals surface area (Å²) in [6, 6.07) is 9.10. The monoisotopic (exact) mass is 500 g/mol. The SMILES string of the molecule is CCCN1C(=O)N[C@H](c2cccc(NC(=O)c3ccc([N+](=O)[O-])cc3Cl)c2)C(C(=O)OCC)=C1C. The highest BCUT2D eigenvalue weighted by molar-refractivity contribution is 6.34. The number of benzene rings is 2. The van der Waals surface area contributed by atoms with E-state index in [-0.39, 0.29) is 28.9 Å². The molecular formula is C24H25ClN4O6. The Morgan fingerprint density at radius 3 is 2.60 bits per heavy atom. The van der Waals surface area contributed by atoms with Gasteiger partial charge in [-0.2, -0.15) is 0 Å². The minimum Gasteiger partial charge on any atom is -0.463 e. The van der Waals surface area contributed by atoms with E-state index in [1.54, 1.807) is 38.1 Å². The van der Waals surface area contributed by atoms with Crippen molar-refractivity contribution in [1.82, 2.24) is 10.2 Å². The zero-order valence-electron chi connectivity index (χ0n) is 19.5. The Hall–Kier alpha value is -3.92. The normalized spacial score (nSPS) is 15.5. The van der Waals surface area contributed by atoms with Crippen LogP contribution in [0.25, 0.3) is 0 Å². The lowest BCUT2D eigenvalue weighted by atomic mass is 9.94. The maximum atomic E-state index is 12.8. The van der Waals surface area contributed by atoms with Crippen LogP contribution in [-0.4, -0.2) is 40.9 Å². The lowest BCUT2D eigenvalue weighted by Crippen LogP contribution is -2.48. The second-order valence-electron chi connectivity index (χ2n) is 7.75. The predicted octanol–water partition coefficient (Wildman–Crippen LogP) is 4.81. The van der Waals surface area contributed by atoms with E-state index in [1.165, 1.54) is 17.0 Å². The van der Waals surface area contributed by atoms with Gasteiger partial charge < -0.3 is 15.4 Å². The first-order valence-corrected chi connectivity index (χ1v) is 11.4. The van der Waals surface area contributed by atoms with E-state index in [0.29, 0.717) is 35.5 Å². The highest BCUT2D eigenvalue weighted by atomic mass is 35.5. The van der Waals surface area contributed by atoms with Gasteiger partial charge in [0.05, 0.1) is 33.7 Å². The van der Waals surface area contributed by atoms with Crippen LogP contribution in [-0.2, 0) is 9.53 Å². The van der Waals surface area contributed by atoms with E-state index in [4.69, 9.17) is 16.3 Å². The maximum absolute atomic E-state index is 12.8. The summed E-state index contributed by atoms with van der Waals surface area (Å²) in [6.07, 6.45) is 0.707. The number of carbonyl (C=O) groups excluding carboxylic acids is 3. The van der Waals surface area contributed by atoms with E-state index in [2.05, 4.69) is 10.6 Å². The molecule has 0 aromatic heterocycles. The maximum Gasteiger partial charge on any atom is 0.338 e. The Balaban J connectivity index is 1.93. The summed E-state index contributed by atoms with van der Waals surface area (Å²) in [4.78, 5) is 50.1. The number of rotatable bonds is 8. The number of ether oxygens (including phenoxy) is 1. The van der Waals surface area contributed by atoms with Crippen molar-refractivity contribution in [2.24, 2.45) is 0 Å². The highest BCUT2D eigenvalue weighted by Crippen LogP contribution is 2.33. The summed E-state index contributed by atoms with van der Waals surface area (Å²) in [7, 11) is 0. The zero-order chi connectivity index (χ0) is 25.7. The van der Waals surface area contributed by atoms with Gasteiger partial charge in [0, 0.05) is 30.1 Å². The number of esters is 1. The fourth-order valence-electron chi connectivity index (χ4n) is 3.79. The zero-order valence-corrected chi connectivity index (χ0v) is 20.2. The Bertz CT molecular complexity index is 1210. The minimum atomic E-state index is -0.783. The minimum absolute atomic E-state index is 0.0619. The number of nitro groups is 1. The first-order valence-electron chi connectivity index (χ1n) is 11.0. The van der Waals surface area contributed by atoms with Gasteiger partial charge in [-0.05, 0) is 44.0 Å². The topological polar surface area (TPSA) is 131 Å². The fourth-order valence-corrected chi connectivity index (χ4v) is 4.05. The number of nitrogens with one attached hydrogen (secondary N) is 2. The number of carbonyl (C=O) groups is 3. The van der Waals surface area contributed by atoms with Gasteiger partial charge in [-0.3, -0.25) is 19.8 Å². The Labute approximate surface area is 207 Å². The third-order valence-corrected chi connectivity index (χ3v) is 5.74. The van der Waals surface area contributed by atoms with Crippen LogP contribution >= 0.6 is 11.6 Å². The van der Waals surface area contributed by atoms with E-state index >= 15 is 0 Å². The van der Waals surface area contributed by atoms with E-state index in [9.17, 15) is 24.5 Å². The molecule has 11 heteroatoms. The van der Waals surface area contributed by atoms with Crippen LogP contribution in [0.4, 0.5) is 16.2 Å². The average molecular weight is 501 g/mol. The molecule has 2 aromatic carbocycles. The van der Waals surface area contributed by atoms with Gasteiger partial charge >= 0.3 is 12.0 Å². The fraction of sp³-hybridized carbons (Fsp3) is 0.292. The molecule has 1 aliphatic rings. The number of halogens is 1. The van der Waals surface area contributed by atoms with Crippen LogP contribution in [0.1, 0.15) is 49.2 Å². The van der Waals surface area contributed by atoms with Gasteiger partial charge in [0.1, 0.15) is 0 Å². The molecule has 0 saturated heterocycles. The van der Waals surface area contributed by atoms with E-state index in [0.717, 1.165) is 6.07 Å². The number of urea groups is 1. The molecule has 0 bridgehead atoms. The van der Waals surface area contributed by atoms with Gasteiger partial charge in [-0.15, -0.1) is 0 Å². The van der Waals surface area contributed by atoms with Crippen molar-refractivity contribution in [3.05, 3.63) is 80.0 Å². The third-order valence-electron chi connectivity index (χ3n) is 5.42.